The standard InChI is InChI=1S/C17H26N2O2.ClH/c1-4-21-15-9-7-14(8-10-15)13-19(3)16(20)17(2)11-5-6-12-18-17;/h7-10,18H,4-6,11-13H2,1-3H3;1H. The van der Waals surface area contributed by atoms with E-state index in [1.807, 2.05) is 50.1 Å². The SMILES string of the molecule is CCOc1ccc(CN(C)C(=O)C2(C)CCCCN2)cc1.Cl. The molecule has 0 aromatic heterocycles. The first-order valence-corrected chi connectivity index (χ1v) is 7.77. The molecule has 2 rings (SSSR count). The summed E-state index contributed by atoms with van der Waals surface area (Å²) in [6.45, 7) is 6.21. The van der Waals surface area contributed by atoms with Crippen molar-refractivity contribution < 1.29 is 9.53 Å². The van der Waals surface area contributed by atoms with Crippen LogP contribution >= 0.6 is 12.4 Å². The van der Waals surface area contributed by atoms with E-state index >= 15 is 0 Å². The summed E-state index contributed by atoms with van der Waals surface area (Å²) in [6, 6.07) is 7.95. The van der Waals surface area contributed by atoms with E-state index in [9.17, 15) is 4.79 Å². The number of amides is 1. The number of hydrogen-bond acceptors (Lipinski definition) is 3. The van der Waals surface area contributed by atoms with Crippen molar-refractivity contribution in [2.45, 2.75) is 45.2 Å². The van der Waals surface area contributed by atoms with Gasteiger partial charge in [-0.25, -0.2) is 0 Å². The fourth-order valence-electron chi connectivity index (χ4n) is 2.86. The number of hydrogen-bond donors (Lipinski definition) is 1. The summed E-state index contributed by atoms with van der Waals surface area (Å²) in [5.41, 5.74) is 0.715. The van der Waals surface area contributed by atoms with Gasteiger partial charge in [0.15, 0.2) is 0 Å². The molecule has 0 spiro atoms. The molecule has 1 amide bonds. The largest absolute Gasteiger partial charge is 0.494 e. The molecule has 5 heteroatoms. The molecule has 124 valence electrons. The summed E-state index contributed by atoms with van der Waals surface area (Å²) in [5, 5.41) is 3.38. The van der Waals surface area contributed by atoms with Crippen molar-refractivity contribution in [3.8, 4) is 5.75 Å². The number of carbonyl (C=O) groups excluding carboxylic acids is 1. The van der Waals surface area contributed by atoms with Crippen LogP contribution in [0.3, 0.4) is 0 Å². The molecule has 0 saturated carbocycles. The lowest BCUT2D eigenvalue weighted by atomic mass is 9.89. The summed E-state index contributed by atoms with van der Waals surface area (Å²) in [4.78, 5) is 14.4. The topological polar surface area (TPSA) is 41.6 Å². The highest BCUT2D eigenvalue weighted by Gasteiger charge is 2.36. The number of benzene rings is 1. The Hall–Kier alpha value is -1.26. The average molecular weight is 327 g/mol. The first-order valence-electron chi connectivity index (χ1n) is 7.77. The monoisotopic (exact) mass is 326 g/mol. The molecule has 0 radical (unpaired) electrons. The van der Waals surface area contributed by atoms with E-state index in [4.69, 9.17) is 4.74 Å². The summed E-state index contributed by atoms with van der Waals surface area (Å²) in [7, 11) is 1.88. The van der Waals surface area contributed by atoms with Gasteiger partial charge in [-0.2, -0.15) is 0 Å². The van der Waals surface area contributed by atoms with Crippen LogP contribution in [0, 0.1) is 0 Å². The zero-order valence-corrected chi connectivity index (χ0v) is 14.5. The summed E-state index contributed by atoms with van der Waals surface area (Å²) in [6.07, 6.45) is 3.19. The molecule has 1 heterocycles. The van der Waals surface area contributed by atoms with Crippen molar-refractivity contribution in [2.24, 2.45) is 0 Å². The Morgan fingerprint density at radius 1 is 1.32 bits per heavy atom. The second-order valence-electron chi connectivity index (χ2n) is 5.95. The highest BCUT2D eigenvalue weighted by molar-refractivity contribution is 5.86. The van der Waals surface area contributed by atoms with Crippen LogP contribution < -0.4 is 10.1 Å². The van der Waals surface area contributed by atoms with Crippen LogP contribution in [-0.4, -0.2) is 36.5 Å². The van der Waals surface area contributed by atoms with Gasteiger partial charge in [0.05, 0.1) is 12.1 Å². The molecular weight excluding hydrogens is 300 g/mol. The zero-order chi connectivity index (χ0) is 15.3. The van der Waals surface area contributed by atoms with Gasteiger partial charge in [0.25, 0.3) is 0 Å². The molecule has 1 aromatic carbocycles. The van der Waals surface area contributed by atoms with Crippen LogP contribution in [-0.2, 0) is 11.3 Å². The van der Waals surface area contributed by atoms with Gasteiger partial charge >= 0.3 is 0 Å². The normalized spacial score (nSPS) is 20.9. The Kier molecular flexibility index (Phi) is 7.17. The predicted octanol–water partition coefficient (Wildman–Crippen LogP) is 3.00. The quantitative estimate of drug-likeness (QED) is 0.904. The van der Waals surface area contributed by atoms with Crippen LogP contribution in [0.5, 0.6) is 5.75 Å². The summed E-state index contributed by atoms with van der Waals surface area (Å²) in [5.74, 6) is 1.05. The Morgan fingerprint density at radius 3 is 2.55 bits per heavy atom. The Bertz CT molecular complexity index is 470. The van der Waals surface area contributed by atoms with Crippen molar-refractivity contribution in [3.63, 3.8) is 0 Å². The minimum atomic E-state index is -0.405. The molecule has 1 unspecified atom stereocenters. The molecule has 1 aliphatic heterocycles. The predicted molar refractivity (Wildman–Crippen MR) is 91.6 cm³/mol. The van der Waals surface area contributed by atoms with Gasteiger partial charge in [0.2, 0.25) is 5.91 Å². The van der Waals surface area contributed by atoms with Crippen LogP contribution in [0.1, 0.15) is 38.7 Å². The summed E-state index contributed by atoms with van der Waals surface area (Å²) < 4.78 is 5.43. The highest BCUT2D eigenvalue weighted by atomic mass is 35.5. The lowest BCUT2D eigenvalue weighted by Crippen LogP contribution is -2.57. The number of likely N-dealkylation sites (N-methyl/N-ethyl adjacent to an activating group) is 1. The fraction of sp³-hybridized carbons (Fsp3) is 0.588. The lowest BCUT2D eigenvalue weighted by Gasteiger charge is -2.36. The number of rotatable bonds is 5. The molecule has 0 aliphatic carbocycles. The second-order valence-corrected chi connectivity index (χ2v) is 5.95. The molecule has 1 saturated heterocycles. The number of nitrogens with one attached hydrogen (secondary N) is 1. The number of nitrogens with zero attached hydrogens (tertiary/aromatic N) is 1. The molecule has 22 heavy (non-hydrogen) atoms. The zero-order valence-electron chi connectivity index (χ0n) is 13.7. The lowest BCUT2D eigenvalue weighted by molar-refractivity contribution is -0.137. The Labute approximate surface area is 139 Å². The number of carbonyl (C=O) groups is 1. The van der Waals surface area contributed by atoms with Crippen LogP contribution in [0.4, 0.5) is 0 Å². The van der Waals surface area contributed by atoms with E-state index in [-0.39, 0.29) is 18.3 Å². The van der Waals surface area contributed by atoms with Crippen LogP contribution in [0.25, 0.3) is 0 Å². The van der Waals surface area contributed by atoms with E-state index in [0.717, 1.165) is 37.1 Å². The number of ether oxygens (including phenoxy) is 1. The minimum Gasteiger partial charge on any atom is -0.494 e. The molecule has 4 nitrogen and oxygen atoms in total. The van der Waals surface area contributed by atoms with Gasteiger partial charge in [0, 0.05) is 13.6 Å². The molecular formula is C17H27ClN2O2. The third-order valence-corrected chi connectivity index (χ3v) is 4.09. The third kappa shape index (κ3) is 4.62. The van der Waals surface area contributed by atoms with Crippen molar-refractivity contribution in [1.29, 1.82) is 0 Å². The van der Waals surface area contributed by atoms with Gasteiger partial charge in [-0.1, -0.05) is 12.1 Å². The molecule has 1 aromatic rings. The Balaban J connectivity index is 0.00000242. The maximum atomic E-state index is 12.6. The maximum absolute atomic E-state index is 12.6. The average Bonchev–Trinajstić information content (AvgIpc) is 2.49. The van der Waals surface area contributed by atoms with E-state index in [1.165, 1.54) is 0 Å². The molecule has 0 bridgehead atoms. The van der Waals surface area contributed by atoms with E-state index in [0.29, 0.717) is 13.2 Å². The van der Waals surface area contributed by atoms with E-state index in [2.05, 4.69) is 5.32 Å². The van der Waals surface area contributed by atoms with Crippen molar-refractivity contribution >= 4 is 18.3 Å². The van der Waals surface area contributed by atoms with Crippen molar-refractivity contribution in [1.82, 2.24) is 10.2 Å². The van der Waals surface area contributed by atoms with Gasteiger partial charge in [-0.05, 0) is 57.4 Å². The molecule has 1 N–H and O–H groups in total. The second kappa shape index (κ2) is 8.39. The highest BCUT2D eigenvalue weighted by Crippen LogP contribution is 2.22. The van der Waals surface area contributed by atoms with Crippen LogP contribution in [0.2, 0.25) is 0 Å². The minimum absolute atomic E-state index is 0. The van der Waals surface area contributed by atoms with E-state index < -0.39 is 5.54 Å². The maximum Gasteiger partial charge on any atom is 0.242 e. The number of halogens is 1. The Morgan fingerprint density at radius 2 is 2.00 bits per heavy atom. The fourth-order valence-corrected chi connectivity index (χ4v) is 2.86. The van der Waals surface area contributed by atoms with Crippen LogP contribution in [0.15, 0.2) is 24.3 Å². The third-order valence-electron chi connectivity index (χ3n) is 4.09. The number of piperidine rings is 1. The first kappa shape index (κ1) is 18.8. The van der Waals surface area contributed by atoms with Crippen molar-refractivity contribution in [2.75, 3.05) is 20.2 Å². The van der Waals surface area contributed by atoms with Crippen molar-refractivity contribution in [3.05, 3.63) is 29.8 Å². The summed E-state index contributed by atoms with van der Waals surface area (Å²) >= 11 is 0. The molecule has 1 fully saturated rings. The smallest absolute Gasteiger partial charge is 0.242 e. The van der Waals surface area contributed by atoms with Gasteiger partial charge in [-0.15, -0.1) is 12.4 Å². The van der Waals surface area contributed by atoms with Gasteiger partial charge in [0.1, 0.15) is 5.75 Å². The van der Waals surface area contributed by atoms with Gasteiger partial charge in [-0.3, -0.25) is 4.79 Å². The van der Waals surface area contributed by atoms with E-state index in [1.54, 1.807) is 0 Å². The molecule has 1 atom stereocenters. The molecule has 1 aliphatic rings. The first-order chi connectivity index (χ1) is 10.0. The van der Waals surface area contributed by atoms with Gasteiger partial charge < -0.3 is 15.0 Å².